The molecular weight excluding hydrogens is 621 g/mol. The van der Waals surface area contributed by atoms with Crippen molar-refractivity contribution in [3.8, 4) is 11.6 Å². The maximum atomic E-state index is 13.9. The first-order chi connectivity index (χ1) is 22.0. The molecule has 1 saturated heterocycles. The van der Waals surface area contributed by atoms with Gasteiger partial charge in [-0.05, 0) is 54.4 Å². The number of hydrogen-bond donors (Lipinski definition) is 1. The highest BCUT2D eigenvalue weighted by molar-refractivity contribution is 5.97. The fourth-order valence-electron chi connectivity index (χ4n) is 5.16. The monoisotopic (exact) mass is 666 g/mol. The van der Waals surface area contributed by atoms with E-state index in [0.717, 1.165) is 59.7 Å². The summed E-state index contributed by atoms with van der Waals surface area (Å²) in [5, 5.41) is 21.4. The summed E-state index contributed by atoms with van der Waals surface area (Å²) in [5.41, 5.74) is 4.99. The Morgan fingerprint density at radius 3 is 2.19 bits per heavy atom. The van der Waals surface area contributed by atoms with E-state index in [1.807, 2.05) is 26.0 Å². The number of nitrogens with one attached hydrogen (secondary N) is 1. The highest BCUT2D eigenvalue weighted by Crippen LogP contribution is 2.40. The van der Waals surface area contributed by atoms with Crippen molar-refractivity contribution in [1.82, 2.24) is 14.7 Å². The number of alkyl halides is 3. The van der Waals surface area contributed by atoms with E-state index in [-0.39, 0.29) is 23.8 Å². The fourth-order valence-corrected chi connectivity index (χ4v) is 5.16. The number of anilines is 2. The summed E-state index contributed by atoms with van der Waals surface area (Å²) in [6, 6.07) is 3.93. The summed E-state index contributed by atoms with van der Waals surface area (Å²) in [4.78, 5) is 25.0. The molecule has 0 spiro atoms. The standard InChI is InChI=1S/C30H45N6O4.C2HF3O2/c1-10-22(11-2)40-27-19(3)20(4)28-35(33-29(31-8)36(28)32-27)18-25(37)21-16-23(30(5,6)7)26(38-9)24(17-21)34-12-14-39-15-13-34;3-2(4,5)1(6)7/h16-17,22H,10-15,18H2,1-9H3,(H,31,33);(H,6,7)/q+1;/p-1. The summed E-state index contributed by atoms with van der Waals surface area (Å²) in [5.74, 6) is -1.10. The van der Waals surface area contributed by atoms with Crippen molar-refractivity contribution in [1.29, 1.82) is 0 Å². The van der Waals surface area contributed by atoms with Gasteiger partial charge in [0.05, 0.1) is 31.6 Å². The minimum atomic E-state index is -5.19. The molecule has 1 aliphatic rings. The minimum absolute atomic E-state index is 0.0373. The van der Waals surface area contributed by atoms with Gasteiger partial charge in [-0.1, -0.05) is 39.1 Å². The molecule has 47 heavy (non-hydrogen) atoms. The molecule has 0 amide bonds. The minimum Gasteiger partial charge on any atom is -0.542 e. The largest absolute Gasteiger partial charge is 0.542 e. The van der Waals surface area contributed by atoms with E-state index >= 15 is 0 Å². The molecule has 0 aliphatic carbocycles. The average Bonchev–Trinajstić information content (AvgIpc) is 3.37. The van der Waals surface area contributed by atoms with Crippen LogP contribution in [-0.2, 0) is 21.5 Å². The van der Waals surface area contributed by atoms with Crippen molar-refractivity contribution in [2.75, 3.05) is 50.7 Å². The van der Waals surface area contributed by atoms with E-state index in [4.69, 9.17) is 34.3 Å². The third-order valence-corrected chi connectivity index (χ3v) is 7.96. The van der Waals surface area contributed by atoms with Crippen LogP contribution in [0.1, 0.15) is 74.5 Å². The highest BCUT2D eigenvalue weighted by atomic mass is 19.4. The van der Waals surface area contributed by atoms with E-state index in [0.29, 0.717) is 30.6 Å². The molecule has 3 aromatic rings. The van der Waals surface area contributed by atoms with Crippen molar-refractivity contribution in [2.45, 2.75) is 85.5 Å². The summed E-state index contributed by atoms with van der Waals surface area (Å²) >= 11 is 0. The summed E-state index contributed by atoms with van der Waals surface area (Å²) in [6.07, 6.45) is -3.31. The van der Waals surface area contributed by atoms with E-state index in [9.17, 15) is 18.0 Å². The van der Waals surface area contributed by atoms with Gasteiger partial charge in [-0.3, -0.25) is 4.79 Å². The molecule has 1 fully saturated rings. The molecule has 2 aromatic heterocycles. The highest BCUT2D eigenvalue weighted by Gasteiger charge is 2.31. The number of carbonyl (C=O) groups is 2. The van der Waals surface area contributed by atoms with Gasteiger partial charge in [0.15, 0.2) is 6.54 Å². The average molecular weight is 667 g/mol. The lowest BCUT2D eigenvalue weighted by Crippen LogP contribution is -2.41. The zero-order valence-corrected chi connectivity index (χ0v) is 28.5. The molecular formula is C32H45F3N6O6. The normalized spacial score (nSPS) is 13.8. The zero-order valence-electron chi connectivity index (χ0n) is 28.5. The van der Waals surface area contributed by atoms with Gasteiger partial charge in [-0.2, -0.15) is 13.2 Å². The number of aromatic nitrogens is 4. The molecule has 0 saturated carbocycles. The molecule has 0 unspecified atom stereocenters. The third-order valence-electron chi connectivity index (χ3n) is 7.96. The van der Waals surface area contributed by atoms with Gasteiger partial charge in [0.1, 0.15) is 17.8 Å². The maximum Gasteiger partial charge on any atom is 0.430 e. The second kappa shape index (κ2) is 15.2. The molecule has 260 valence electrons. The van der Waals surface area contributed by atoms with Crippen LogP contribution in [-0.4, -0.2) is 79.2 Å². The number of morpholine rings is 1. The number of nitrogens with zero attached hydrogens (tertiary/aromatic N) is 5. The Kier molecular flexibility index (Phi) is 12.1. The van der Waals surface area contributed by atoms with Crippen LogP contribution < -0.4 is 29.5 Å². The molecule has 15 heteroatoms. The number of rotatable bonds is 10. The number of methoxy groups -OCH3 is 1. The van der Waals surface area contributed by atoms with Crippen LogP contribution in [0.2, 0.25) is 0 Å². The third kappa shape index (κ3) is 8.62. The molecule has 1 aromatic carbocycles. The van der Waals surface area contributed by atoms with Crippen LogP contribution in [0.15, 0.2) is 12.1 Å². The number of Topliss-reactive ketones (excluding diaryl/α,β-unsaturated/α-hetero) is 1. The predicted octanol–water partition coefficient (Wildman–Crippen LogP) is 3.57. The van der Waals surface area contributed by atoms with Gasteiger partial charge in [-0.25, -0.2) is 0 Å². The Balaban J connectivity index is 0.000000771. The van der Waals surface area contributed by atoms with Crippen molar-refractivity contribution < 1.29 is 46.8 Å². The van der Waals surface area contributed by atoms with Crippen LogP contribution in [0.5, 0.6) is 11.6 Å². The number of halogens is 3. The number of carboxylic acid groups (broad SMARTS) is 1. The number of carbonyl (C=O) groups excluding carboxylic acids is 2. The van der Waals surface area contributed by atoms with Crippen molar-refractivity contribution in [2.24, 2.45) is 0 Å². The van der Waals surface area contributed by atoms with Gasteiger partial charge < -0.3 is 34.3 Å². The molecule has 1 N–H and O–H groups in total. The Labute approximate surface area is 272 Å². The van der Waals surface area contributed by atoms with Gasteiger partial charge in [0.2, 0.25) is 5.78 Å². The molecule has 1 aliphatic heterocycles. The Hall–Kier alpha value is -4.14. The van der Waals surface area contributed by atoms with Crippen molar-refractivity contribution in [3.05, 3.63) is 34.4 Å². The van der Waals surface area contributed by atoms with Crippen LogP contribution >= 0.6 is 0 Å². The molecule has 4 rings (SSSR count). The fraction of sp³-hybridized carbons (Fsp3) is 0.594. The van der Waals surface area contributed by atoms with E-state index in [1.165, 1.54) is 0 Å². The van der Waals surface area contributed by atoms with E-state index in [1.54, 1.807) is 23.4 Å². The number of carboxylic acids is 1. The van der Waals surface area contributed by atoms with Crippen LogP contribution in [0, 0.1) is 13.8 Å². The van der Waals surface area contributed by atoms with Gasteiger partial charge in [0.25, 0.3) is 5.88 Å². The number of ether oxygens (including phenoxy) is 3. The lowest BCUT2D eigenvalue weighted by atomic mass is 9.84. The number of aryl methyl sites for hydroxylation is 1. The van der Waals surface area contributed by atoms with Crippen molar-refractivity contribution in [3.63, 3.8) is 0 Å². The topological polar surface area (TPSA) is 134 Å². The van der Waals surface area contributed by atoms with E-state index in [2.05, 4.69) is 44.8 Å². The number of aliphatic carboxylic acids is 1. The lowest BCUT2D eigenvalue weighted by Gasteiger charge is -2.33. The van der Waals surface area contributed by atoms with Crippen LogP contribution in [0.25, 0.3) is 5.65 Å². The second-order valence-corrected chi connectivity index (χ2v) is 12.2. The van der Waals surface area contributed by atoms with Gasteiger partial charge >= 0.3 is 17.8 Å². The molecule has 0 radical (unpaired) electrons. The Morgan fingerprint density at radius 2 is 1.70 bits per heavy atom. The molecule has 0 bridgehead atoms. The number of fused-ring (bicyclic) bond motifs is 1. The molecule has 12 nitrogen and oxygen atoms in total. The quantitative estimate of drug-likeness (QED) is 0.253. The summed E-state index contributed by atoms with van der Waals surface area (Å²) in [7, 11) is 3.49. The Morgan fingerprint density at radius 1 is 1.11 bits per heavy atom. The lowest BCUT2D eigenvalue weighted by molar-refractivity contribution is -0.714. The first-order valence-electron chi connectivity index (χ1n) is 15.5. The number of ketones is 1. The first-order valence-corrected chi connectivity index (χ1v) is 15.5. The van der Waals surface area contributed by atoms with E-state index < -0.39 is 12.1 Å². The summed E-state index contributed by atoms with van der Waals surface area (Å²) < 4.78 is 52.8. The maximum absolute atomic E-state index is 13.9. The predicted molar refractivity (Wildman–Crippen MR) is 167 cm³/mol. The smallest absolute Gasteiger partial charge is 0.430 e. The Bertz CT molecular complexity index is 1570. The number of benzene rings is 1. The van der Waals surface area contributed by atoms with Crippen LogP contribution in [0.3, 0.4) is 0 Å². The van der Waals surface area contributed by atoms with Crippen molar-refractivity contribution >= 4 is 29.0 Å². The van der Waals surface area contributed by atoms with Gasteiger partial charge in [0, 0.05) is 36.8 Å². The zero-order chi connectivity index (χ0) is 35.3. The van der Waals surface area contributed by atoms with Gasteiger partial charge in [-0.15, -0.1) is 4.68 Å². The first kappa shape index (κ1) is 37.3. The van der Waals surface area contributed by atoms with Crippen LogP contribution in [0.4, 0.5) is 24.8 Å². The second-order valence-electron chi connectivity index (χ2n) is 12.2. The SMILES string of the molecule is CCC(CC)Oc1nn2c(NC)n[n+](CC(=O)c3cc(N4CCOCC4)c(OC)c(C(C)(C)C)c3)c2c(C)c1C.O=C([O-])C(F)(F)F. The number of hydrogen-bond acceptors (Lipinski definition) is 10. The molecule has 0 atom stereocenters. The molecule has 3 heterocycles. The summed E-state index contributed by atoms with van der Waals surface area (Å²) in [6.45, 7) is 17.5.